The standard InChI is InChI=1S/C11H15NO2Si/c1-8-6-5-7-9-10(8)13-12-11(9)14-15(2,3)4/h5-7H,1-4H3. The summed E-state index contributed by atoms with van der Waals surface area (Å²) in [5.74, 6) is 0.632. The van der Waals surface area contributed by atoms with Gasteiger partial charge in [-0.3, -0.25) is 0 Å². The fraction of sp³-hybridized carbons (Fsp3) is 0.364. The van der Waals surface area contributed by atoms with Gasteiger partial charge in [0.05, 0.1) is 5.39 Å². The molecule has 0 amide bonds. The van der Waals surface area contributed by atoms with Crippen LogP contribution in [-0.4, -0.2) is 13.5 Å². The van der Waals surface area contributed by atoms with E-state index in [1.807, 2.05) is 25.1 Å². The Bertz CT molecular complexity index is 485. The van der Waals surface area contributed by atoms with Crippen molar-refractivity contribution in [1.82, 2.24) is 5.16 Å². The number of hydrogen-bond donors (Lipinski definition) is 0. The quantitative estimate of drug-likeness (QED) is 0.729. The van der Waals surface area contributed by atoms with Gasteiger partial charge in [-0.1, -0.05) is 12.1 Å². The SMILES string of the molecule is Cc1cccc2c(O[Si](C)(C)C)noc12. The zero-order chi connectivity index (χ0) is 11.1. The van der Waals surface area contributed by atoms with E-state index in [4.69, 9.17) is 8.95 Å². The second kappa shape index (κ2) is 3.38. The Morgan fingerprint density at radius 3 is 2.67 bits per heavy atom. The molecule has 0 saturated heterocycles. The molecule has 0 saturated carbocycles. The smallest absolute Gasteiger partial charge is 0.248 e. The number of aromatic nitrogens is 1. The normalized spacial score (nSPS) is 12.0. The fourth-order valence-electron chi connectivity index (χ4n) is 1.44. The highest BCUT2D eigenvalue weighted by molar-refractivity contribution is 6.70. The van der Waals surface area contributed by atoms with Crippen molar-refractivity contribution in [2.45, 2.75) is 26.6 Å². The maximum absolute atomic E-state index is 5.84. The largest absolute Gasteiger partial charge is 0.529 e. The number of nitrogens with zero attached hydrogens (tertiary/aromatic N) is 1. The Labute approximate surface area is 90.2 Å². The monoisotopic (exact) mass is 221 g/mol. The first-order chi connectivity index (χ1) is 6.97. The molecule has 0 radical (unpaired) electrons. The summed E-state index contributed by atoms with van der Waals surface area (Å²) in [6.07, 6.45) is 0. The van der Waals surface area contributed by atoms with Crippen LogP contribution in [0.1, 0.15) is 5.56 Å². The summed E-state index contributed by atoms with van der Waals surface area (Å²) in [7, 11) is -1.62. The number of hydrogen-bond acceptors (Lipinski definition) is 3. The molecule has 15 heavy (non-hydrogen) atoms. The van der Waals surface area contributed by atoms with Crippen molar-refractivity contribution in [3.63, 3.8) is 0 Å². The van der Waals surface area contributed by atoms with E-state index in [1.165, 1.54) is 0 Å². The summed E-state index contributed by atoms with van der Waals surface area (Å²) < 4.78 is 11.1. The third-order valence-electron chi connectivity index (χ3n) is 2.07. The third kappa shape index (κ3) is 2.04. The Morgan fingerprint density at radius 1 is 1.27 bits per heavy atom. The van der Waals surface area contributed by atoms with Gasteiger partial charge in [0.25, 0.3) is 0 Å². The zero-order valence-corrected chi connectivity index (χ0v) is 10.5. The molecule has 1 heterocycles. The highest BCUT2D eigenvalue weighted by Gasteiger charge is 2.20. The van der Waals surface area contributed by atoms with E-state index in [-0.39, 0.29) is 0 Å². The molecule has 3 nitrogen and oxygen atoms in total. The average molecular weight is 221 g/mol. The van der Waals surface area contributed by atoms with E-state index in [1.54, 1.807) is 0 Å². The van der Waals surface area contributed by atoms with Crippen LogP contribution in [0.25, 0.3) is 11.0 Å². The minimum atomic E-state index is -1.62. The molecule has 0 bridgehead atoms. The van der Waals surface area contributed by atoms with Gasteiger partial charge < -0.3 is 8.95 Å². The summed E-state index contributed by atoms with van der Waals surface area (Å²) in [5, 5.41) is 4.95. The van der Waals surface area contributed by atoms with Crippen LogP contribution < -0.4 is 4.43 Å². The molecule has 0 aliphatic carbocycles. The van der Waals surface area contributed by atoms with E-state index in [0.717, 1.165) is 16.5 Å². The third-order valence-corrected chi connectivity index (χ3v) is 2.87. The fourth-order valence-corrected chi connectivity index (χ4v) is 2.17. The maximum Gasteiger partial charge on any atom is 0.248 e. The number of fused-ring (bicyclic) bond motifs is 1. The topological polar surface area (TPSA) is 35.3 Å². The lowest BCUT2D eigenvalue weighted by Crippen LogP contribution is -2.29. The van der Waals surface area contributed by atoms with Crippen molar-refractivity contribution in [2.75, 3.05) is 0 Å². The van der Waals surface area contributed by atoms with E-state index < -0.39 is 8.32 Å². The van der Waals surface area contributed by atoms with Crippen LogP contribution in [0.3, 0.4) is 0 Å². The molecule has 2 aromatic rings. The van der Waals surface area contributed by atoms with Gasteiger partial charge in [0, 0.05) is 0 Å². The predicted molar refractivity (Wildman–Crippen MR) is 62.7 cm³/mol. The van der Waals surface area contributed by atoms with Gasteiger partial charge >= 0.3 is 0 Å². The summed E-state index contributed by atoms with van der Waals surface area (Å²) in [6, 6.07) is 5.98. The molecule has 0 aliphatic rings. The van der Waals surface area contributed by atoms with Crippen LogP contribution in [-0.2, 0) is 0 Å². The van der Waals surface area contributed by atoms with Gasteiger partial charge in [-0.25, -0.2) is 0 Å². The van der Waals surface area contributed by atoms with E-state index in [0.29, 0.717) is 5.88 Å². The Hall–Kier alpha value is -1.29. The second-order valence-electron chi connectivity index (χ2n) is 4.65. The first kappa shape index (κ1) is 10.2. The molecule has 0 fully saturated rings. The van der Waals surface area contributed by atoms with Crippen molar-refractivity contribution in [2.24, 2.45) is 0 Å². The van der Waals surface area contributed by atoms with Crippen molar-refractivity contribution in [3.8, 4) is 5.88 Å². The zero-order valence-electron chi connectivity index (χ0n) is 9.50. The van der Waals surface area contributed by atoms with Gasteiger partial charge in [-0.2, -0.15) is 0 Å². The lowest BCUT2D eigenvalue weighted by molar-refractivity contribution is 0.408. The van der Waals surface area contributed by atoms with Crippen LogP contribution in [0.4, 0.5) is 0 Å². The summed E-state index contributed by atoms with van der Waals surface area (Å²) in [6.45, 7) is 8.39. The van der Waals surface area contributed by atoms with Crippen LogP contribution in [0, 0.1) is 6.92 Å². The van der Waals surface area contributed by atoms with Crippen molar-refractivity contribution in [3.05, 3.63) is 23.8 Å². The van der Waals surface area contributed by atoms with Gasteiger partial charge in [0.1, 0.15) is 0 Å². The molecule has 0 aliphatic heterocycles. The van der Waals surface area contributed by atoms with Gasteiger partial charge in [-0.15, -0.1) is 0 Å². The van der Waals surface area contributed by atoms with Crippen LogP contribution in [0.15, 0.2) is 22.7 Å². The summed E-state index contributed by atoms with van der Waals surface area (Å²) >= 11 is 0. The minimum Gasteiger partial charge on any atom is -0.529 e. The number of para-hydroxylation sites is 1. The number of benzene rings is 1. The highest BCUT2D eigenvalue weighted by atomic mass is 28.4. The molecular formula is C11H15NO2Si. The number of aryl methyl sites for hydroxylation is 1. The van der Waals surface area contributed by atoms with E-state index in [9.17, 15) is 0 Å². The molecule has 80 valence electrons. The summed E-state index contributed by atoms with van der Waals surface area (Å²) in [5.41, 5.74) is 1.91. The van der Waals surface area contributed by atoms with Gasteiger partial charge in [0.2, 0.25) is 14.2 Å². The minimum absolute atomic E-state index is 0.632. The molecule has 4 heteroatoms. The summed E-state index contributed by atoms with van der Waals surface area (Å²) in [4.78, 5) is 0. The first-order valence-electron chi connectivity index (χ1n) is 5.01. The Morgan fingerprint density at radius 2 is 2.00 bits per heavy atom. The van der Waals surface area contributed by atoms with Crippen LogP contribution >= 0.6 is 0 Å². The predicted octanol–water partition coefficient (Wildman–Crippen LogP) is 3.35. The first-order valence-corrected chi connectivity index (χ1v) is 8.42. The molecule has 0 atom stereocenters. The Kier molecular flexibility index (Phi) is 2.30. The van der Waals surface area contributed by atoms with Gasteiger partial charge in [-0.05, 0) is 43.4 Å². The van der Waals surface area contributed by atoms with Crippen LogP contribution in [0.2, 0.25) is 19.6 Å². The van der Waals surface area contributed by atoms with Crippen molar-refractivity contribution in [1.29, 1.82) is 0 Å². The number of rotatable bonds is 2. The molecule has 0 unspecified atom stereocenters. The second-order valence-corrected chi connectivity index (χ2v) is 9.08. The molecule has 0 spiro atoms. The average Bonchev–Trinajstić information content (AvgIpc) is 2.48. The molecule has 2 rings (SSSR count). The van der Waals surface area contributed by atoms with E-state index >= 15 is 0 Å². The maximum atomic E-state index is 5.84. The molecule has 1 aromatic carbocycles. The highest BCUT2D eigenvalue weighted by Crippen LogP contribution is 2.28. The van der Waals surface area contributed by atoms with Crippen molar-refractivity contribution < 1.29 is 8.95 Å². The van der Waals surface area contributed by atoms with Crippen molar-refractivity contribution >= 4 is 19.3 Å². The van der Waals surface area contributed by atoms with E-state index in [2.05, 4.69) is 24.8 Å². The lowest BCUT2D eigenvalue weighted by atomic mass is 10.2. The van der Waals surface area contributed by atoms with Gasteiger partial charge in [0.15, 0.2) is 5.58 Å². The Balaban J connectivity index is 2.50. The molecule has 1 aromatic heterocycles. The lowest BCUT2D eigenvalue weighted by Gasteiger charge is -2.16. The molecule has 0 N–H and O–H groups in total. The van der Waals surface area contributed by atoms with Crippen LogP contribution in [0.5, 0.6) is 5.88 Å². The molecular weight excluding hydrogens is 206 g/mol.